The van der Waals surface area contributed by atoms with Crippen LogP contribution in [-0.2, 0) is 0 Å². The third-order valence-corrected chi connectivity index (χ3v) is 2.99. The lowest BCUT2D eigenvalue weighted by molar-refractivity contribution is 0.210. The fraction of sp³-hybridized carbons (Fsp3) is 1.00. The summed E-state index contributed by atoms with van der Waals surface area (Å²) in [5.74, 6) is 0. The molecule has 0 spiro atoms. The Morgan fingerprint density at radius 1 is 1.14 bits per heavy atom. The molecule has 14 heavy (non-hydrogen) atoms. The van der Waals surface area contributed by atoms with Gasteiger partial charge in [0.15, 0.2) is 0 Å². The van der Waals surface area contributed by atoms with E-state index in [4.69, 9.17) is 0 Å². The molecule has 0 fully saturated rings. The molecule has 2 heteroatoms. The number of nitrogens with one attached hydrogen (secondary N) is 1. The molecule has 0 saturated carbocycles. The normalized spacial score (nSPS) is 13.5. The van der Waals surface area contributed by atoms with E-state index in [-0.39, 0.29) is 0 Å². The summed E-state index contributed by atoms with van der Waals surface area (Å²) in [6, 6.07) is 0.754. The van der Waals surface area contributed by atoms with Gasteiger partial charge in [-0.15, -0.1) is 0 Å². The van der Waals surface area contributed by atoms with Gasteiger partial charge in [0.05, 0.1) is 0 Å². The van der Waals surface area contributed by atoms with Gasteiger partial charge in [0, 0.05) is 6.04 Å². The number of hydrogen-bond donors (Lipinski definition) is 1. The molecule has 86 valence electrons. The van der Waals surface area contributed by atoms with Gasteiger partial charge in [0.1, 0.15) is 0 Å². The van der Waals surface area contributed by atoms with E-state index >= 15 is 0 Å². The molecule has 0 aromatic rings. The van der Waals surface area contributed by atoms with Crippen LogP contribution in [0.2, 0.25) is 0 Å². The van der Waals surface area contributed by atoms with Crippen molar-refractivity contribution in [2.45, 2.75) is 52.5 Å². The maximum absolute atomic E-state index is 3.19. The van der Waals surface area contributed by atoms with Crippen LogP contribution >= 0.6 is 0 Å². The summed E-state index contributed by atoms with van der Waals surface area (Å²) in [6.07, 6.45) is 5.28. The quantitative estimate of drug-likeness (QED) is 0.575. The average Bonchev–Trinajstić information content (AvgIpc) is 2.22. The van der Waals surface area contributed by atoms with Gasteiger partial charge in [-0.1, -0.05) is 20.3 Å². The molecule has 1 atom stereocenters. The molecule has 0 heterocycles. The van der Waals surface area contributed by atoms with E-state index in [1.807, 2.05) is 7.05 Å². The van der Waals surface area contributed by atoms with E-state index in [1.165, 1.54) is 38.8 Å². The minimum absolute atomic E-state index is 0.754. The molecule has 0 saturated heterocycles. The molecule has 0 bridgehead atoms. The molecule has 0 rings (SSSR count). The van der Waals surface area contributed by atoms with E-state index in [0.29, 0.717) is 0 Å². The molecular formula is C12H28N2. The SMILES string of the molecule is CCC(C)N(CC)CCCCCNC. The summed E-state index contributed by atoms with van der Waals surface area (Å²) < 4.78 is 0. The van der Waals surface area contributed by atoms with Crippen molar-refractivity contribution in [1.29, 1.82) is 0 Å². The van der Waals surface area contributed by atoms with Crippen molar-refractivity contribution in [2.24, 2.45) is 0 Å². The molecule has 1 N–H and O–H groups in total. The lowest BCUT2D eigenvalue weighted by Gasteiger charge is -2.26. The fourth-order valence-corrected chi connectivity index (χ4v) is 1.74. The molecule has 1 unspecified atom stereocenters. The van der Waals surface area contributed by atoms with Crippen LogP contribution in [0.15, 0.2) is 0 Å². The third-order valence-electron chi connectivity index (χ3n) is 2.99. The van der Waals surface area contributed by atoms with Crippen LogP contribution in [0.5, 0.6) is 0 Å². The Morgan fingerprint density at radius 2 is 1.86 bits per heavy atom. The fourth-order valence-electron chi connectivity index (χ4n) is 1.74. The predicted octanol–water partition coefficient (Wildman–Crippen LogP) is 2.50. The number of nitrogens with zero attached hydrogens (tertiary/aromatic N) is 1. The maximum Gasteiger partial charge on any atom is 0.00641 e. The Kier molecular flexibility index (Phi) is 9.42. The van der Waals surface area contributed by atoms with Gasteiger partial charge in [0.2, 0.25) is 0 Å². The minimum atomic E-state index is 0.754. The number of hydrogen-bond acceptors (Lipinski definition) is 2. The summed E-state index contributed by atoms with van der Waals surface area (Å²) in [6.45, 7) is 10.5. The highest BCUT2D eigenvalue weighted by atomic mass is 15.1. The van der Waals surface area contributed by atoms with Crippen LogP contribution in [0.3, 0.4) is 0 Å². The zero-order valence-corrected chi connectivity index (χ0v) is 10.5. The van der Waals surface area contributed by atoms with Crippen molar-refractivity contribution in [3.05, 3.63) is 0 Å². The van der Waals surface area contributed by atoms with Gasteiger partial charge in [0.25, 0.3) is 0 Å². The van der Waals surface area contributed by atoms with Crippen molar-refractivity contribution in [1.82, 2.24) is 10.2 Å². The van der Waals surface area contributed by atoms with Gasteiger partial charge in [-0.05, 0) is 52.9 Å². The van der Waals surface area contributed by atoms with Gasteiger partial charge in [-0.3, -0.25) is 0 Å². The first-order valence-electron chi connectivity index (χ1n) is 6.14. The molecule has 0 amide bonds. The molecule has 2 nitrogen and oxygen atoms in total. The van der Waals surface area contributed by atoms with E-state index in [0.717, 1.165) is 12.6 Å². The highest BCUT2D eigenvalue weighted by Crippen LogP contribution is 2.05. The van der Waals surface area contributed by atoms with Crippen LogP contribution in [-0.4, -0.2) is 37.6 Å². The first-order valence-corrected chi connectivity index (χ1v) is 6.14. The van der Waals surface area contributed by atoms with Crippen molar-refractivity contribution in [3.63, 3.8) is 0 Å². The lowest BCUT2D eigenvalue weighted by atomic mass is 10.2. The predicted molar refractivity (Wildman–Crippen MR) is 64.8 cm³/mol. The summed E-state index contributed by atoms with van der Waals surface area (Å²) in [5, 5.41) is 3.19. The molecule has 0 aromatic carbocycles. The second kappa shape index (κ2) is 9.47. The average molecular weight is 200 g/mol. The lowest BCUT2D eigenvalue weighted by Crippen LogP contribution is -2.33. The Labute approximate surface area is 90.1 Å². The first kappa shape index (κ1) is 13.9. The van der Waals surface area contributed by atoms with Crippen LogP contribution < -0.4 is 5.32 Å². The number of unbranched alkanes of at least 4 members (excludes halogenated alkanes) is 2. The van der Waals surface area contributed by atoms with Gasteiger partial charge in [-0.2, -0.15) is 0 Å². The second-order valence-corrected chi connectivity index (χ2v) is 4.05. The second-order valence-electron chi connectivity index (χ2n) is 4.05. The zero-order valence-electron chi connectivity index (χ0n) is 10.5. The van der Waals surface area contributed by atoms with Gasteiger partial charge in [-0.25, -0.2) is 0 Å². The Bertz CT molecular complexity index is 115. The standard InChI is InChI=1S/C12H28N2/c1-5-12(3)14(6-2)11-9-7-8-10-13-4/h12-13H,5-11H2,1-4H3. The first-order chi connectivity index (χ1) is 6.76. The van der Waals surface area contributed by atoms with Crippen LogP contribution in [0.1, 0.15) is 46.5 Å². The molecule has 0 aliphatic carbocycles. The van der Waals surface area contributed by atoms with E-state index in [9.17, 15) is 0 Å². The summed E-state index contributed by atoms with van der Waals surface area (Å²) in [5.41, 5.74) is 0. The highest BCUT2D eigenvalue weighted by molar-refractivity contribution is 4.63. The molecule has 0 aromatic heterocycles. The van der Waals surface area contributed by atoms with Crippen molar-refractivity contribution in [2.75, 3.05) is 26.7 Å². The summed E-state index contributed by atoms with van der Waals surface area (Å²) in [7, 11) is 2.03. The smallest absolute Gasteiger partial charge is 0.00641 e. The topological polar surface area (TPSA) is 15.3 Å². The third kappa shape index (κ3) is 6.39. The Morgan fingerprint density at radius 3 is 2.36 bits per heavy atom. The van der Waals surface area contributed by atoms with Crippen molar-refractivity contribution in [3.8, 4) is 0 Å². The highest BCUT2D eigenvalue weighted by Gasteiger charge is 2.08. The number of rotatable bonds is 9. The Hall–Kier alpha value is -0.0800. The molecule has 0 radical (unpaired) electrons. The molecular weight excluding hydrogens is 172 g/mol. The van der Waals surface area contributed by atoms with Crippen molar-refractivity contribution >= 4 is 0 Å². The molecule has 0 aliphatic heterocycles. The van der Waals surface area contributed by atoms with Crippen LogP contribution in [0.4, 0.5) is 0 Å². The zero-order chi connectivity index (χ0) is 10.8. The van der Waals surface area contributed by atoms with E-state index < -0.39 is 0 Å². The molecule has 0 aliphatic rings. The van der Waals surface area contributed by atoms with Crippen LogP contribution in [0.25, 0.3) is 0 Å². The monoisotopic (exact) mass is 200 g/mol. The van der Waals surface area contributed by atoms with Gasteiger partial charge >= 0.3 is 0 Å². The summed E-state index contributed by atoms with van der Waals surface area (Å²) in [4.78, 5) is 2.58. The van der Waals surface area contributed by atoms with Gasteiger partial charge < -0.3 is 10.2 Å². The van der Waals surface area contributed by atoms with Crippen molar-refractivity contribution < 1.29 is 0 Å². The Balaban J connectivity index is 3.42. The largest absolute Gasteiger partial charge is 0.320 e. The van der Waals surface area contributed by atoms with E-state index in [2.05, 4.69) is 31.0 Å². The van der Waals surface area contributed by atoms with Crippen LogP contribution in [0, 0.1) is 0 Å². The minimum Gasteiger partial charge on any atom is -0.320 e. The summed E-state index contributed by atoms with van der Waals surface area (Å²) >= 11 is 0. The van der Waals surface area contributed by atoms with E-state index in [1.54, 1.807) is 0 Å². The maximum atomic E-state index is 3.19.